The Morgan fingerprint density at radius 2 is 1.82 bits per heavy atom. The lowest BCUT2D eigenvalue weighted by Crippen LogP contribution is -2.33. The van der Waals surface area contributed by atoms with Crippen molar-refractivity contribution < 1.29 is 4.79 Å². The molecular formula is C19H20ClNO. The van der Waals surface area contributed by atoms with Crippen LogP contribution in [0.15, 0.2) is 48.5 Å². The smallest absolute Gasteiger partial charge is 0.224 e. The average Bonchev–Trinajstić information content (AvgIpc) is 3.29. The number of carbonyl (C=O) groups excluding carboxylic acids is 1. The van der Waals surface area contributed by atoms with Crippen molar-refractivity contribution in [3.8, 4) is 0 Å². The summed E-state index contributed by atoms with van der Waals surface area (Å²) in [5, 5.41) is 3.86. The molecule has 0 atom stereocenters. The summed E-state index contributed by atoms with van der Waals surface area (Å²) >= 11 is 5.95. The van der Waals surface area contributed by atoms with Gasteiger partial charge < -0.3 is 5.32 Å². The molecule has 3 heteroatoms. The van der Waals surface area contributed by atoms with E-state index in [9.17, 15) is 4.79 Å². The number of hydrogen-bond donors (Lipinski definition) is 1. The third-order valence-corrected chi connectivity index (χ3v) is 4.80. The second kappa shape index (κ2) is 6.13. The van der Waals surface area contributed by atoms with E-state index in [1.807, 2.05) is 43.3 Å². The molecule has 1 N–H and O–H groups in total. The standard InChI is InChI=1S/C19H20ClNO/c1-14-4-2-3-5-15(14)12-18(22)21-13-19(10-11-19)16-6-8-17(20)9-7-16/h2-9H,10-13H2,1H3,(H,21,22). The second-order valence-corrected chi connectivity index (χ2v) is 6.60. The molecule has 1 fully saturated rings. The molecule has 0 radical (unpaired) electrons. The summed E-state index contributed by atoms with van der Waals surface area (Å²) in [6.45, 7) is 2.75. The Bertz CT molecular complexity index is 674. The Morgan fingerprint density at radius 1 is 1.14 bits per heavy atom. The Hall–Kier alpha value is -1.80. The molecule has 2 aromatic rings. The van der Waals surface area contributed by atoms with Crippen molar-refractivity contribution in [2.24, 2.45) is 0 Å². The number of carbonyl (C=O) groups is 1. The van der Waals surface area contributed by atoms with Crippen LogP contribution in [0.2, 0.25) is 5.02 Å². The Kier molecular flexibility index (Phi) is 4.21. The first-order valence-corrected chi connectivity index (χ1v) is 8.04. The highest BCUT2D eigenvalue weighted by molar-refractivity contribution is 6.30. The number of aryl methyl sites for hydroxylation is 1. The monoisotopic (exact) mass is 313 g/mol. The highest BCUT2D eigenvalue weighted by Crippen LogP contribution is 2.47. The Balaban J connectivity index is 1.59. The number of hydrogen-bond acceptors (Lipinski definition) is 1. The summed E-state index contributed by atoms with van der Waals surface area (Å²) in [6, 6.07) is 16.0. The van der Waals surface area contributed by atoms with Crippen molar-refractivity contribution >= 4 is 17.5 Å². The summed E-state index contributed by atoms with van der Waals surface area (Å²) in [5.41, 5.74) is 3.65. The molecule has 1 amide bonds. The lowest BCUT2D eigenvalue weighted by Gasteiger charge is -2.17. The summed E-state index contributed by atoms with van der Waals surface area (Å²) in [4.78, 5) is 12.2. The van der Waals surface area contributed by atoms with Crippen LogP contribution >= 0.6 is 11.6 Å². The average molecular weight is 314 g/mol. The maximum atomic E-state index is 12.2. The van der Waals surface area contributed by atoms with E-state index < -0.39 is 0 Å². The van der Waals surface area contributed by atoms with Crippen LogP contribution in [0.25, 0.3) is 0 Å². The van der Waals surface area contributed by atoms with Crippen LogP contribution in [-0.4, -0.2) is 12.5 Å². The lowest BCUT2D eigenvalue weighted by molar-refractivity contribution is -0.120. The first-order chi connectivity index (χ1) is 10.6. The largest absolute Gasteiger partial charge is 0.355 e. The number of benzene rings is 2. The molecule has 0 heterocycles. The van der Waals surface area contributed by atoms with E-state index in [1.165, 1.54) is 5.56 Å². The van der Waals surface area contributed by atoms with Crippen molar-refractivity contribution in [3.63, 3.8) is 0 Å². The third-order valence-electron chi connectivity index (χ3n) is 4.55. The number of rotatable bonds is 5. The highest BCUT2D eigenvalue weighted by Gasteiger charge is 2.44. The fourth-order valence-electron chi connectivity index (χ4n) is 2.83. The van der Waals surface area contributed by atoms with Gasteiger partial charge >= 0.3 is 0 Å². The summed E-state index contributed by atoms with van der Waals surface area (Å²) < 4.78 is 0. The molecular weight excluding hydrogens is 294 g/mol. The minimum absolute atomic E-state index is 0.0922. The van der Waals surface area contributed by atoms with E-state index in [0.717, 1.165) is 29.0 Å². The van der Waals surface area contributed by atoms with Crippen molar-refractivity contribution in [2.75, 3.05) is 6.54 Å². The van der Waals surface area contributed by atoms with E-state index in [-0.39, 0.29) is 11.3 Å². The van der Waals surface area contributed by atoms with Crippen molar-refractivity contribution in [3.05, 3.63) is 70.2 Å². The molecule has 3 rings (SSSR count). The van der Waals surface area contributed by atoms with Crippen LogP contribution in [0.5, 0.6) is 0 Å². The number of amides is 1. The van der Waals surface area contributed by atoms with Crippen molar-refractivity contribution in [2.45, 2.75) is 31.6 Å². The molecule has 22 heavy (non-hydrogen) atoms. The topological polar surface area (TPSA) is 29.1 Å². The minimum atomic E-state index is 0.0922. The fraction of sp³-hybridized carbons (Fsp3) is 0.316. The summed E-state index contributed by atoms with van der Waals surface area (Å²) in [7, 11) is 0. The molecule has 0 aliphatic heterocycles. The molecule has 0 aromatic heterocycles. The van der Waals surface area contributed by atoms with Crippen molar-refractivity contribution in [1.82, 2.24) is 5.32 Å². The van der Waals surface area contributed by atoms with Gasteiger partial charge in [-0.3, -0.25) is 4.79 Å². The third kappa shape index (κ3) is 3.33. The molecule has 0 bridgehead atoms. The SMILES string of the molecule is Cc1ccccc1CC(=O)NCC1(c2ccc(Cl)cc2)CC1. The van der Waals surface area contributed by atoms with Gasteiger partial charge in [-0.2, -0.15) is 0 Å². The molecule has 0 unspecified atom stereocenters. The zero-order chi connectivity index (χ0) is 15.6. The maximum absolute atomic E-state index is 12.2. The predicted octanol–water partition coefficient (Wildman–Crippen LogP) is 4.04. The normalized spacial score (nSPS) is 15.4. The Morgan fingerprint density at radius 3 is 2.45 bits per heavy atom. The quantitative estimate of drug-likeness (QED) is 0.887. The highest BCUT2D eigenvalue weighted by atomic mass is 35.5. The zero-order valence-electron chi connectivity index (χ0n) is 12.7. The van der Waals surface area contributed by atoms with Crippen LogP contribution < -0.4 is 5.32 Å². The van der Waals surface area contributed by atoms with Gasteiger partial charge in [0.05, 0.1) is 6.42 Å². The summed E-state index contributed by atoms with van der Waals surface area (Å²) in [5.74, 6) is 0.0922. The van der Waals surface area contributed by atoms with Crippen LogP contribution in [0.3, 0.4) is 0 Å². The van der Waals surface area contributed by atoms with E-state index in [4.69, 9.17) is 11.6 Å². The van der Waals surface area contributed by atoms with Gasteiger partial charge in [-0.1, -0.05) is 48.0 Å². The van der Waals surface area contributed by atoms with E-state index in [2.05, 4.69) is 17.4 Å². The van der Waals surface area contributed by atoms with Gasteiger partial charge in [0.25, 0.3) is 0 Å². The van der Waals surface area contributed by atoms with Gasteiger partial charge in [0, 0.05) is 17.0 Å². The molecule has 0 saturated heterocycles. The van der Waals surface area contributed by atoms with E-state index in [0.29, 0.717) is 13.0 Å². The molecule has 2 aromatic carbocycles. The molecule has 114 valence electrons. The van der Waals surface area contributed by atoms with Gasteiger partial charge in [-0.15, -0.1) is 0 Å². The molecule has 0 spiro atoms. The molecule has 1 aliphatic rings. The number of halogens is 1. The predicted molar refractivity (Wildman–Crippen MR) is 90.3 cm³/mol. The van der Waals surface area contributed by atoms with Gasteiger partial charge in [0.2, 0.25) is 5.91 Å². The van der Waals surface area contributed by atoms with Crippen LogP contribution in [0.1, 0.15) is 29.5 Å². The Labute approximate surface area is 136 Å². The lowest BCUT2D eigenvalue weighted by atomic mass is 9.96. The molecule has 1 saturated carbocycles. The zero-order valence-corrected chi connectivity index (χ0v) is 13.5. The fourth-order valence-corrected chi connectivity index (χ4v) is 2.96. The van der Waals surface area contributed by atoms with Gasteiger partial charge in [-0.25, -0.2) is 0 Å². The first kappa shape index (κ1) is 15.1. The molecule has 2 nitrogen and oxygen atoms in total. The second-order valence-electron chi connectivity index (χ2n) is 6.17. The molecule has 1 aliphatic carbocycles. The first-order valence-electron chi connectivity index (χ1n) is 7.66. The van der Waals surface area contributed by atoms with Crippen LogP contribution in [-0.2, 0) is 16.6 Å². The van der Waals surface area contributed by atoms with Gasteiger partial charge in [0.15, 0.2) is 0 Å². The van der Waals surface area contributed by atoms with Crippen LogP contribution in [0.4, 0.5) is 0 Å². The maximum Gasteiger partial charge on any atom is 0.224 e. The van der Waals surface area contributed by atoms with E-state index in [1.54, 1.807) is 0 Å². The van der Waals surface area contributed by atoms with Crippen molar-refractivity contribution in [1.29, 1.82) is 0 Å². The minimum Gasteiger partial charge on any atom is -0.355 e. The van der Waals surface area contributed by atoms with Gasteiger partial charge in [-0.05, 0) is 48.6 Å². The van der Waals surface area contributed by atoms with E-state index >= 15 is 0 Å². The summed E-state index contributed by atoms with van der Waals surface area (Å²) in [6.07, 6.45) is 2.70. The van der Waals surface area contributed by atoms with Crippen LogP contribution in [0, 0.1) is 6.92 Å². The van der Waals surface area contributed by atoms with Gasteiger partial charge in [0.1, 0.15) is 0 Å². The number of nitrogens with one attached hydrogen (secondary N) is 1.